The molecule has 5 nitrogen and oxygen atoms in total. The first kappa shape index (κ1) is 21.4. The number of anilines is 2. The molecule has 1 aliphatic rings. The van der Waals surface area contributed by atoms with E-state index in [-0.39, 0.29) is 5.02 Å². The smallest absolute Gasteiger partial charge is 0.142 e. The van der Waals surface area contributed by atoms with Gasteiger partial charge in [0.15, 0.2) is 0 Å². The highest BCUT2D eigenvalue weighted by atomic mass is 35.5. The van der Waals surface area contributed by atoms with Crippen LogP contribution >= 0.6 is 22.9 Å². The van der Waals surface area contributed by atoms with E-state index in [0.717, 1.165) is 54.2 Å². The third kappa shape index (κ3) is 4.91. The highest BCUT2D eigenvalue weighted by Crippen LogP contribution is 2.41. The molecule has 1 aromatic carbocycles. The fourth-order valence-corrected chi connectivity index (χ4v) is 5.45. The summed E-state index contributed by atoms with van der Waals surface area (Å²) in [5, 5.41) is 8.06. The monoisotopic (exact) mass is 447 g/mol. The van der Waals surface area contributed by atoms with Crippen molar-refractivity contribution >= 4 is 44.7 Å². The number of halogens is 2. The molecule has 4 rings (SSSR count). The molecule has 1 unspecified atom stereocenters. The molecular formula is C22H27ClFN5S. The third-order valence-electron chi connectivity index (χ3n) is 5.59. The van der Waals surface area contributed by atoms with Gasteiger partial charge in [0.1, 0.15) is 22.8 Å². The van der Waals surface area contributed by atoms with E-state index in [0.29, 0.717) is 5.92 Å². The second-order valence-electron chi connectivity index (χ2n) is 8.11. The molecule has 1 atom stereocenters. The van der Waals surface area contributed by atoms with E-state index in [4.69, 9.17) is 11.6 Å². The van der Waals surface area contributed by atoms with E-state index in [2.05, 4.69) is 39.6 Å². The molecule has 0 saturated carbocycles. The SMILES string of the molecule is CN(C)CCNCCC1CCc2c(sc3ncnc(Nc4ccc(F)c(Cl)c4)c23)C1. The van der Waals surface area contributed by atoms with Crippen LogP contribution in [0.5, 0.6) is 0 Å². The Kier molecular flexibility index (Phi) is 6.83. The fourth-order valence-electron chi connectivity index (χ4n) is 3.96. The van der Waals surface area contributed by atoms with Crippen molar-refractivity contribution in [3.05, 3.63) is 45.8 Å². The van der Waals surface area contributed by atoms with Crippen molar-refractivity contribution < 1.29 is 4.39 Å². The van der Waals surface area contributed by atoms with Gasteiger partial charge in [-0.2, -0.15) is 0 Å². The molecule has 1 aliphatic carbocycles. The van der Waals surface area contributed by atoms with Crippen LogP contribution in [-0.4, -0.2) is 48.6 Å². The lowest BCUT2D eigenvalue weighted by atomic mass is 9.86. The van der Waals surface area contributed by atoms with Crippen LogP contribution in [0, 0.1) is 11.7 Å². The lowest BCUT2D eigenvalue weighted by molar-refractivity contribution is 0.381. The summed E-state index contributed by atoms with van der Waals surface area (Å²) in [5.74, 6) is 1.05. The Morgan fingerprint density at radius 2 is 2.13 bits per heavy atom. The Labute approximate surface area is 185 Å². The van der Waals surface area contributed by atoms with Crippen molar-refractivity contribution in [3.63, 3.8) is 0 Å². The molecule has 2 N–H and O–H groups in total. The van der Waals surface area contributed by atoms with Gasteiger partial charge in [0.05, 0.1) is 10.4 Å². The Hall–Kier alpha value is -1.80. The molecule has 2 heterocycles. The van der Waals surface area contributed by atoms with Gasteiger partial charge in [0.25, 0.3) is 0 Å². The Bertz CT molecular complexity index is 1020. The normalized spacial score (nSPS) is 16.2. The van der Waals surface area contributed by atoms with Gasteiger partial charge in [-0.25, -0.2) is 14.4 Å². The van der Waals surface area contributed by atoms with Crippen LogP contribution < -0.4 is 10.6 Å². The number of rotatable bonds is 8. The van der Waals surface area contributed by atoms with Crippen molar-refractivity contribution in [2.24, 2.45) is 5.92 Å². The van der Waals surface area contributed by atoms with Gasteiger partial charge >= 0.3 is 0 Å². The topological polar surface area (TPSA) is 53.1 Å². The maximum Gasteiger partial charge on any atom is 0.142 e. The van der Waals surface area contributed by atoms with Crippen LogP contribution in [0.3, 0.4) is 0 Å². The van der Waals surface area contributed by atoms with E-state index in [1.54, 1.807) is 29.8 Å². The molecule has 3 aromatic rings. The highest BCUT2D eigenvalue weighted by molar-refractivity contribution is 7.19. The molecule has 0 radical (unpaired) electrons. The summed E-state index contributed by atoms with van der Waals surface area (Å²) >= 11 is 7.71. The zero-order valence-electron chi connectivity index (χ0n) is 17.3. The minimum Gasteiger partial charge on any atom is -0.340 e. The minimum atomic E-state index is -0.426. The number of benzene rings is 1. The average Bonchev–Trinajstić information content (AvgIpc) is 3.09. The third-order valence-corrected chi connectivity index (χ3v) is 7.05. The van der Waals surface area contributed by atoms with Crippen LogP contribution in [0.2, 0.25) is 5.02 Å². The highest BCUT2D eigenvalue weighted by Gasteiger charge is 2.25. The van der Waals surface area contributed by atoms with Crippen molar-refractivity contribution in [1.29, 1.82) is 0 Å². The van der Waals surface area contributed by atoms with E-state index >= 15 is 0 Å². The second kappa shape index (κ2) is 9.56. The van der Waals surface area contributed by atoms with Gasteiger partial charge in [0, 0.05) is 23.7 Å². The molecule has 0 bridgehead atoms. The lowest BCUT2D eigenvalue weighted by Gasteiger charge is -2.22. The zero-order chi connectivity index (χ0) is 21.1. The van der Waals surface area contributed by atoms with E-state index in [1.165, 1.54) is 29.3 Å². The number of thiophene rings is 1. The van der Waals surface area contributed by atoms with Crippen molar-refractivity contribution in [1.82, 2.24) is 20.2 Å². The van der Waals surface area contributed by atoms with Crippen LogP contribution in [0.4, 0.5) is 15.9 Å². The number of aryl methyl sites for hydroxylation is 1. The number of aromatic nitrogens is 2. The van der Waals surface area contributed by atoms with E-state index in [1.807, 2.05) is 0 Å². The van der Waals surface area contributed by atoms with Crippen LogP contribution in [-0.2, 0) is 12.8 Å². The maximum atomic E-state index is 13.5. The van der Waals surface area contributed by atoms with Gasteiger partial charge in [-0.1, -0.05) is 11.6 Å². The van der Waals surface area contributed by atoms with Gasteiger partial charge in [-0.05, 0) is 76.0 Å². The molecule has 8 heteroatoms. The zero-order valence-corrected chi connectivity index (χ0v) is 18.9. The minimum absolute atomic E-state index is 0.0969. The van der Waals surface area contributed by atoms with Crippen molar-refractivity contribution in [2.45, 2.75) is 25.7 Å². The fraction of sp³-hybridized carbons (Fsp3) is 0.455. The molecular weight excluding hydrogens is 421 g/mol. The summed E-state index contributed by atoms with van der Waals surface area (Å²) in [5.41, 5.74) is 2.09. The number of nitrogens with zero attached hydrogens (tertiary/aromatic N) is 3. The summed E-state index contributed by atoms with van der Waals surface area (Å²) in [6.07, 6.45) is 6.12. The standard InChI is InChI=1S/C22H27ClFN5S/c1-29(2)10-9-25-8-7-14-3-5-16-19(11-14)30-22-20(16)21(26-13-27-22)28-15-4-6-18(24)17(23)12-15/h4,6,12-14,25H,3,5,7-11H2,1-2H3,(H,26,27,28). The van der Waals surface area contributed by atoms with Gasteiger partial charge in [-0.15, -0.1) is 11.3 Å². The lowest BCUT2D eigenvalue weighted by Crippen LogP contribution is -2.28. The molecule has 30 heavy (non-hydrogen) atoms. The summed E-state index contributed by atoms with van der Waals surface area (Å²) in [6, 6.07) is 4.62. The van der Waals surface area contributed by atoms with Crippen LogP contribution in [0.25, 0.3) is 10.2 Å². The number of nitrogens with one attached hydrogen (secondary N) is 2. The van der Waals surface area contributed by atoms with E-state index < -0.39 is 5.82 Å². The summed E-state index contributed by atoms with van der Waals surface area (Å²) in [4.78, 5) is 13.6. The number of hydrogen-bond acceptors (Lipinski definition) is 6. The maximum absolute atomic E-state index is 13.5. The Morgan fingerprint density at radius 1 is 1.27 bits per heavy atom. The molecule has 0 amide bonds. The van der Waals surface area contributed by atoms with Crippen molar-refractivity contribution in [3.8, 4) is 0 Å². The Balaban J connectivity index is 1.47. The average molecular weight is 448 g/mol. The molecule has 2 aromatic heterocycles. The number of hydrogen-bond donors (Lipinski definition) is 2. The van der Waals surface area contributed by atoms with Crippen LogP contribution in [0.15, 0.2) is 24.5 Å². The molecule has 160 valence electrons. The Morgan fingerprint density at radius 3 is 2.93 bits per heavy atom. The summed E-state index contributed by atoms with van der Waals surface area (Å²) in [6.45, 7) is 3.17. The summed E-state index contributed by atoms with van der Waals surface area (Å²) in [7, 11) is 4.20. The molecule has 0 aliphatic heterocycles. The predicted molar refractivity (Wildman–Crippen MR) is 124 cm³/mol. The van der Waals surface area contributed by atoms with Crippen LogP contribution in [0.1, 0.15) is 23.3 Å². The predicted octanol–water partition coefficient (Wildman–Crippen LogP) is 4.87. The first-order valence-electron chi connectivity index (χ1n) is 10.3. The quantitative estimate of drug-likeness (QED) is 0.482. The summed E-state index contributed by atoms with van der Waals surface area (Å²) < 4.78 is 13.5. The van der Waals surface area contributed by atoms with E-state index in [9.17, 15) is 4.39 Å². The first-order valence-corrected chi connectivity index (χ1v) is 11.5. The van der Waals surface area contributed by atoms with Gasteiger partial charge < -0.3 is 15.5 Å². The largest absolute Gasteiger partial charge is 0.340 e. The second-order valence-corrected chi connectivity index (χ2v) is 9.60. The first-order chi connectivity index (χ1) is 14.5. The molecule has 0 saturated heterocycles. The van der Waals surface area contributed by atoms with Gasteiger partial charge in [0.2, 0.25) is 0 Å². The molecule has 0 spiro atoms. The number of likely N-dealkylation sites (N-methyl/N-ethyl adjacent to an activating group) is 1. The van der Waals surface area contributed by atoms with Crippen molar-refractivity contribution in [2.75, 3.05) is 39.0 Å². The molecule has 0 fully saturated rings. The number of fused-ring (bicyclic) bond motifs is 3. The van der Waals surface area contributed by atoms with Gasteiger partial charge in [-0.3, -0.25) is 0 Å².